The molecule has 2 aliphatic heterocycles. The van der Waals surface area contributed by atoms with Gasteiger partial charge in [0.05, 0.1) is 20.8 Å². The Hall–Kier alpha value is -2.37. The molecule has 228 valence electrons. The largest absolute Gasteiger partial charge is 0.524 e. The van der Waals surface area contributed by atoms with Crippen LogP contribution in [0.3, 0.4) is 0 Å². The van der Waals surface area contributed by atoms with Crippen LogP contribution < -0.4 is 14.3 Å². The van der Waals surface area contributed by atoms with E-state index in [4.69, 9.17) is 27.7 Å². The Morgan fingerprint density at radius 2 is 1.40 bits per heavy atom. The smallest absolute Gasteiger partial charge is 0.506 e. The van der Waals surface area contributed by atoms with Gasteiger partial charge in [0.25, 0.3) is 0 Å². The van der Waals surface area contributed by atoms with Crippen molar-refractivity contribution < 1.29 is 33.6 Å². The van der Waals surface area contributed by atoms with E-state index in [1.165, 1.54) is 28.7 Å². The van der Waals surface area contributed by atoms with Crippen LogP contribution in [0.5, 0.6) is 11.5 Å². The number of benzene rings is 2. The number of amides is 2. The number of halogens is 2. The van der Waals surface area contributed by atoms with Gasteiger partial charge in [-0.25, -0.2) is 4.57 Å². The molecule has 2 aliphatic rings. The third-order valence-electron chi connectivity index (χ3n) is 8.22. The quantitative estimate of drug-likeness (QED) is 0.133. The van der Waals surface area contributed by atoms with Crippen LogP contribution in [-0.2, 0) is 14.2 Å². The molecule has 0 aliphatic carbocycles. The molecule has 2 aromatic carbocycles. The Balaban J connectivity index is 1.22. The van der Waals surface area contributed by atoms with Gasteiger partial charge >= 0.3 is 7.82 Å². The first kappa shape index (κ1) is 30.6. The van der Waals surface area contributed by atoms with E-state index in [1.807, 2.05) is 24.6 Å². The predicted octanol–water partition coefficient (Wildman–Crippen LogP) is 7.12. The normalized spacial score (nSPS) is 18.1. The molecule has 0 saturated heterocycles. The zero-order valence-corrected chi connectivity index (χ0v) is 27.3. The zero-order chi connectivity index (χ0) is 30.8. The lowest BCUT2D eigenvalue weighted by atomic mass is 9.97. The van der Waals surface area contributed by atoms with E-state index in [1.54, 1.807) is 15.9 Å². The van der Waals surface area contributed by atoms with E-state index in [0.717, 1.165) is 37.7 Å². The summed E-state index contributed by atoms with van der Waals surface area (Å²) in [6.45, 7) is 4.62. The zero-order valence-electron chi connectivity index (χ0n) is 23.3. The lowest BCUT2D eigenvalue weighted by molar-refractivity contribution is -0.119. The number of hydrogen-bond donors (Lipinski definition) is 3. The minimum atomic E-state index is -4.85. The van der Waals surface area contributed by atoms with E-state index in [0.29, 0.717) is 41.5 Å². The molecule has 0 radical (unpaired) electrons. The van der Waals surface area contributed by atoms with Crippen LogP contribution in [0.4, 0.5) is 11.4 Å². The number of nitrogens with zero attached hydrogens (tertiary/aromatic N) is 2. The molecule has 43 heavy (non-hydrogen) atoms. The number of phosphoric acid groups is 1. The molecule has 6 rings (SSSR count). The topological polar surface area (TPSA) is 128 Å². The van der Waals surface area contributed by atoms with Gasteiger partial charge < -0.3 is 19.4 Å². The van der Waals surface area contributed by atoms with Crippen LogP contribution in [0, 0.1) is 13.8 Å². The molecule has 3 N–H and O–H groups in total. The van der Waals surface area contributed by atoms with Gasteiger partial charge in [-0.1, -0.05) is 0 Å². The van der Waals surface area contributed by atoms with Crippen molar-refractivity contribution in [3.63, 3.8) is 0 Å². The van der Waals surface area contributed by atoms with Gasteiger partial charge in [-0.2, -0.15) is 0 Å². The monoisotopic (exact) mass is 682 g/mol. The van der Waals surface area contributed by atoms with E-state index in [2.05, 4.69) is 0 Å². The van der Waals surface area contributed by atoms with Gasteiger partial charge in [0.2, 0.25) is 11.8 Å². The lowest BCUT2D eigenvalue weighted by Crippen LogP contribution is -2.32. The number of anilines is 2. The molecular weight excluding hydrogens is 654 g/mol. The van der Waals surface area contributed by atoms with Gasteiger partial charge in [0.1, 0.15) is 5.75 Å². The molecule has 0 saturated carbocycles. The first-order valence-corrected chi connectivity index (χ1v) is 18.1. The summed E-state index contributed by atoms with van der Waals surface area (Å²) in [5.74, 6) is 0.154. The summed E-state index contributed by atoms with van der Waals surface area (Å²) in [7, 11) is -4.85. The predicted molar refractivity (Wildman–Crippen MR) is 173 cm³/mol. The lowest BCUT2D eigenvalue weighted by Gasteiger charge is -2.20. The molecule has 2 aromatic heterocycles. The summed E-state index contributed by atoms with van der Waals surface area (Å²) in [5, 5.41) is 16.3. The number of aromatic hydroxyl groups is 1. The van der Waals surface area contributed by atoms with Crippen molar-refractivity contribution in [1.82, 2.24) is 0 Å². The van der Waals surface area contributed by atoms with Crippen molar-refractivity contribution in [3.05, 3.63) is 45.1 Å². The standard InChI is InChI=1S/C29H29Cl2N2O7PS2/c1-14-12-42-28-20(34)6-18-26(24(14)28)16(8-30)10-32(18)22(35)4-3-5-23(36)33-11-17(9-31)27-19(33)7-21(40-41(37,38)39)29-25(27)15(2)13-43-29/h6-7,12-13,16-17,34H,3-5,8-11H2,1-2H3,(H2,37,38,39)/t16-,17?/m1/s1. The van der Waals surface area contributed by atoms with Gasteiger partial charge in [-0.15, -0.1) is 45.9 Å². The van der Waals surface area contributed by atoms with Crippen molar-refractivity contribution in [3.8, 4) is 11.5 Å². The Labute approximate surface area is 265 Å². The summed E-state index contributed by atoms with van der Waals surface area (Å²) in [4.78, 5) is 49.3. The number of carbonyl (C=O) groups excluding carboxylic acids is 2. The number of phosphoric ester groups is 1. The van der Waals surface area contributed by atoms with Crippen molar-refractivity contribution in [2.24, 2.45) is 0 Å². The SMILES string of the molecule is Cc1csc2c(OP(=O)(O)O)cc3c(c12)C(CCl)CN3C(=O)CCCC(=O)N1C[C@@H](CCl)c2c1cc(O)c1scc(C)c21. The van der Waals surface area contributed by atoms with Crippen LogP contribution in [0.1, 0.15) is 53.4 Å². The molecule has 4 aromatic rings. The molecule has 14 heteroatoms. The average Bonchev–Trinajstić information content (AvgIpc) is 3.71. The first-order valence-electron chi connectivity index (χ1n) is 13.7. The number of carbonyl (C=O) groups is 2. The number of fused-ring (bicyclic) bond motifs is 6. The second-order valence-electron chi connectivity index (χ2n) is 11.0. The van der Waals surface area contributed by atoms with Crippen molar-refractivity contribution in [2.75, 3.05) is 34.6 Å². The second kappa shape index (κ2) is 11.5. The fraction of sp³-hybridized carbons (Fsp3) is 0.379. The van der Waals surface area contributed by atoms with Crippen LogP contribution in [0.15, 0.2) is 22.9 Å². The summed E-state index contributed by atoms with van der Waals surface area (Å²) < 4.78 is 18.1. The fourth-order valence-corrected chi connectivity index (χ4v) is 9.36. The number of alkyl halides is 2. The number of hydrogen-bond acceptors (Lipinski definition) is 7. The average molecular weight is 684 g/mol. The van der Waals surface area contributed by atoms with Gasteiger partial charge in [0, 0.05) is 72.4 Å². The third-order valence-corrected chi connectivity index (χ3v) is 11.6. The molecule has 2 amide bonds. The number of phenols is 1. The summed E-state index contributed by atoms with van der Waals surface area (Å²) >= 11 is 15.4. The first-order chi connectivity index (χ1) is 20.4. The number of aryl methyl sites for hydroxylation is 2. The highest BCUT2D eigenvalue weighted by atomic mass is 35.5. The third kappa shape index (κ3) is 5.33. The number of rotatable bonds is 8. The minimum absolute atomic E-state index is 0.0168. The maximum absolute atomic E-state index is 13.5. The highest BCUT2D eigenvalue weighted by molar-refractivity contribution is 7.46. The minimum Gasteiger partial charge on any atom is -0.506 e. The highest BCUT2D eigenvalue weighted by Crippen LogP contribution is 2.52. The molecule has 4 heterocycles. The van der Waals surface area contributed by atoms with E-state index < -0.39 is 7.82 Å². The van der Waals surface area contributed by atoms with Gasteiger partial charge in [-0.3, -0.25) is 19.4 Å². The van der Waals surface area contributed by atoms with Gasteiger partial charge in [-0.05, 0) is 53.3 Å². The highest BCUT2D eigenvalue weighted by Gasteiger charge is 2.38. The van der Waals surface area contributed by atoms with Crippen LogP contribution in [0.2, 0.25) is 0 Å². The second-order valence-corrected chi connectivity index (χ2v) is 14.6. The Kier molecular flexibility index (Phi) is 8.22. The maximum atomic E-state index is 13.5. The molecule has 9 nitrogen and oxygen atoms in total. The molecule has 2 atom stereocenters. The molecular formula is C29H29Cl2N2O7PS2. The molecule has 0 fully saturated rings. The molecule has 0 bridgehead atoms. The van der Waals surface area contributed by atoms with Crippen molar-refractivity contribution >= 4 is 97.1 Å². The maximum Gasteiger partial charge on any atom is 0.524 e. The molecule has 1 unspecified atom stereocenters. The Morgan fingerprint density at radius 1 is 0.907 bits per heavy atom. The van der Waals surface area contributed by atoms with Crippen molar-refractivity contribution in [1.29, 1.82) is 0 Å². The van der Waals surface area contributed by atoms with E-state index in [-0.39, 0.29) is 53.9 Å². The summed E-state index contributed by atoms with van der Waals surface area (Å²) in [6.07, 6.45) is 0.503. The van der Waals surface area contributed by atoms with Crippen molar-refractivity contribution in [2.45, 2.75) is 44.9 Å². The van der Waals surface area contributed by atoms with Crippen LogP contribution in [-0.4, -0.2) is 51.6 Å². The van der Waals surface area contributed by atoms with Gasteiger partial charge in [0.15, 0.2) is 5.75 Å². The fourth-order valence-electron chi connectivity index (χ4n) is 6.40. The summed E-state index contributed by atoms with van der Waals surface area (Å²) in [5.41, 5.74) is 4.97. The van der Waals surface area contributed by atoms with Crippen LogP contribution >= 0.6 is 53.7 Å². The Morgan fingerprint density at radius 3 is 1.91 bits per heavy atom. The summed E-state index contributed by atoms with van der Waals surface area (Å²) in [6, 6.07) is 3.15. The number of phenolic OH excluding ortho intramolecular Hbond substituents is 1. The van der Waals surface area contributed by atoms with E-state index >= 15 is 0 Å². The molecule has 0 spiro atoms. The van der Waals surface area contributed by atoms with Crippen LogP contribution in [0.25, 0.3) is 20.2 Å². The Bertz CT molecular complexity index is 1830. The number of thiophene rings is 2. The van der Waals surface area contributed by atoms with E-state index in [9.17, 15) is 29.0 Å².